The molecule has 1 aliphatic rings. The van der Waals surface area contributed by atoms with Gasteiger partial charge >= 0.3 is 0 Å². The van der Waals surface area contributed by atoms with Gasteiger partial charge in [0.05, 0.1) is 6.61 Å². The Morgan fingerprint density at radius 1 is 1.38 bits per heavy atom. The van der Waals surface area contributed by atoms with Gasteiger partial charge in [0, 0.05) is 7.05 Å². The summed E-state index contributed by atoms with van der Waals surface area (Å²) in [4.78, 5) is 0. The molecule has 0 unspecified atom stereocenters. The van der Waals surface area contributed by atoms with E-state index in [0.717, 1.165) is 0 Å². The first-order chi connectivity index (χ1) is 7.81. The summed E-state index contributed by atoms with van der Waals surface area (Å²) in [6.07, 6.45) is 5.08. The molecule has 0 spiro atoms. The van der Waals surface area contributed by atoms with Crippen molar-refractivity contribution in [1.82, 2.24) is 0 Å². The van der Waals surface area contributed by atoms with Crippen molar-refractivity contribution < 1.29 is 9.13 Å². The highest BCUT2D eigenvalue weighted by atomic mass is 19.1. The van der Waals surface area contributed by atoms with Crippen molar-refractivity contribution in [2.45, 2.75) is 25.7 Å². The fraction of sp³-hybridized carbons (Fsp3) is 0.538. The summed E-state index contributed by atoms with van der Waals surface area (Å²) in [5, 5.41) is 2.84. The van der Waals surface area contributed by atoms with Crippen LogP contribution in [0.5, 0.6) is 5.75 Å². The fourth-order valence-corrected chi connectivity index (χ4v) is 2.25. The maximum absolute atomic E-state index is 13.4. The van der Waals surface area contributed by atoms with Gasteiger partial charge in [-0.1, -0.05) is 18.9 Å². The molecule has 0 radical (unpaired) electrons. The molecule has 0 bridgehead atoms. The Hall–Kier alpha value is -1.25. The molecule has 2 rings (SSSR count). The third-order valence-electron chi connectivity index (χ3n) is 3.17. The molecule has 1 aromatic carbocycles. The SMILES string of the molecule is CNc1c(F)cccc1OCC1CCCC1. The predicted molar refractivity (Wildman–Crippen MR) is 63.4 cm³/mol. The van der Waals surface area contributed by atoms with Gasteiger partial charge in [0.25, 0.3) is 0 Å². The molecule has 16 heavy (non-hydrogen) atoms. The smallest absolute Gasteiger partial charge is 0.150 e. The quantitative estimate of drug-likeness (QED) is 0.844. The van der Waals surface area contributed by atoms with Crippen LogP contribution in [0.4, 0.5) is 10.1 Å². The van der Waals surface area contributed by atoms with Gasteiger partial charge < -0.3 is 10.1 Å². The molecule has 0 saturated heterocycles. The zero-order valence-corrected chi connectivity index (χ0v) is 9.63. The van der Waals surface area contributed by atoms with Crippen LogP contribution in [-0.2, 0) is 0 Å². The summed E-state index contributed by atoms with van der Waals surface area (Å²) < 4.78 is 19.1. The number of benzene rings is 1. The molecule has 3 heteroatoms. The first-order valence-corrected chi connectivity index (χ1v) is 5.90. The minimum absolute atomic E-state index is 0.258. The van der Waals surface area contributed by atoms with E-state index in [4.69, 9.17) is 4.74 Å². The van der Waals surface area contributed by atoms with Crippen molar-refractivity contribution in [3.63, 3.8) is 0 Å². The zero-order chi connectivity index (χ0) is 11.4. The van der Waals surface area contributed by atoms with Gasteiger partial charge in [-0.05, 0) is 30.9 Å². The van der Waals surface area contributed by atoms with Crippen molar-refractivity contribution in [1.29, 1.82) is 0 Å². The molecule has 0 aromatic heterocycles. The van der Waals surface area contributed by atoms with Crippen LogP contribution in [0, 0.1) is 11.7 Å². The van der Waals surface area contributed by atoms with E-state index in [2.05, 4.69) is 5.32 Å². The molecule has 1 aromatic rings. The summed E-state index contributed by atoms with van der Waals surface area (Å²) >= 11 is 0. The summed E-state index contributed by atoms with van der Waals surface area (Å²) in [5.41, 5.74) is 0.459. The van der Waals surface area contributed by atoms with E-state index < -0.39 is 0 Å². The maximum Gasteiger partial charge on any atom is 0.150 e. The Labute approximate surface area is 95.8 Å². The highest BCUT2D eigenvalue weighted by molar-refractivity contribution is 5.56. The summed E-state index contributed by atoms with van der Waals surface area (Å²) in [7, 11) is 1.71. The first-order valence-electron chi connectivity index (χ1n) is 5.90. The van der Waals surface area contributed by atoms with Gasteiger partial charge in [-0.25, -0.2) is 4.39 Å². The van der Waals surface area contributed by atoms with Crippen LogP contribution in [0.25, 0.3) is 0 Å². The number of anilines is 1. The molecule has 0 heterocycles. The molecular weight excluding hydrogens is 205 g/mol. The van der Waals surface area contributed by atoms with E-state index in [1.165, 1.54) is 31.7 Å². The summed E-state index contributed by atoms with van der Waals surface area (Å²) in [6.45, 7) is 0.706. The van der Waals surface area contributed by atoms with Crippen LogP contribution in [0.3, 0.4) is 0 Å². The number of hydrogen-bond donors (Lipinski definition) is 1. The van der Waals surface area contributed by atoms with E-state index >= 15 is 0 Å². The largest absolute Gasteiger partial charge is 0.491 e. The van der Waals surface area contributed by atoms with E-state index in [-0.39, 0.29) is 5.82 Å². The second kappa shape index (κ2) is 5.19. The molecule has 0 atom stereocenters. The van der Waals surface area contributed by atoms with E-state index in [1.54, 1.807) is 13.1 Å². The third-order valence-corrected chi connectivity index (χ3v) is 3.17. The molecule has 0 aliphatic heterocycles. The Balaban J connectivity index is 2.00. The highest BCUT2D eigenvalue weighted by Crippen LogP contribution is 2.30. The van der Waals surface area contributed by atoms with Crippen LogP contribution in [0.1, 0.15) is 25.7 Å². The Morgan fingerprint density at radius 2 is 2.12 bits per heavy atom. The number of nitrogens with one attached hydrogen (secondary N) is 1. The third kappa shape index (κ3) is 2.46. The lowest BCUT2D eigenvalue weighted by Gasteiger charge is -2.14. The monoisotopic (exact) mass is 223 g/mol. The Morgan fingerprint density at radius 3 is 2.81 bits per heavy atom. The minimum atomic E-state index is -0.258. The molecule has 1 aliphatic carbocycles. The molecule has 2 nitrogen and oxygen atoms in total. The lowest BCUT2D eigenvalue weighted by Crippen LogP contribution is -2.09. The van der Waals surface area contributed by atoms with E-state index in [0.29, 0.717) is 24.0 Å². The minimum Gasteiger partial charge on any atom is -0.491 e. The predicted octanol–water partition coefficient (Wildman–Crippen LogP) is 3.44. The van der Waals surface area contributed by atoms with Crippen molar-refractivity contribution in [2.75, 3.05) is 19.0 Å². The lowest BCUT2D eigenvalue weighted by molar-refractivity contribution is 0.252. The van der Waals surface area contributed by atoms with Gasteiger partial charge in [0.2, 0.25) is 0 Å². The van der Waals surface area contributed by atoms with Crippen LogP contribution in [0.2, 0.25) is 0 Å². The Bertz CT molecular complexity index is 348. The molecule has 88 valence electrons. The molecule has 0 amide bonds. The maximum atomic E-state index is 13.4. The van der Waals surface area contributed by atoms with Crippen LogP contribution in [-0.4, -0.2) is 13.7 Å². The first kappa shape index (κ1) is 11.2. The van der Waals surface area contributed by atoms with Crippen LogP contribution < -0.4 is 10.1 Å². The molecule has 1 saturated carbocycles. The zero-order valence-electron chi connectivity index (χ0n) is 9.63. The lowest BCUT2D eigenvalue weighted by atomic mass is 10.1. The van der Waals surface area contributed by atoms with Gasteiger partial charge in [0.15, 0.2) is 0 Å². The molecule has 1 fully saturated rings. The van der Waals surface area contributed by atoms with Crippen LogP contribution >= 0.6 is 0 Å². The van der Waals surface area contributed by atoms with Gasteiger partial charge in [0.1, 0.15) is 17.3 Å². The summed E-state index contributed by atoms with van der Waals surface area (Å²) in [6, 6.07) is 4.93. The number of hydrogen-bond acceptors (Lipinski definition) is 2. The van der Waals surface area contributed by atoms with Gasteiger partial charge in [-0.3, -0.25) is 0 Å². The Kier molecular flexibility index (Phi) is 3.65. The van der Waals surface area contributed by atoms with Gasteiger partial charge in [-0.15, -0.1) is 0 Å². The number of halogens is 1. The molecule has 1 N–H and O–H groups in total. The van der Waals surface area contributed by atoms with Crippen LogP contribution in [0.15, 0.2) is 18.2 Å². The normalized spacial score (nSPS) is 16.4. The van der Waals surface area contributed by atoms with Crippen molar-refractivity contribution in [3.05, 3.63) is 24.0 Å². The van der Waals surface area contributed by atoms with E-state index in [1.807, 2.05) is 6.07 Å². The second-order valence-corrected chi connectivity index (χ2v) is 4.32. The van der Waals surface area contributed by atoms with Gasteiger partial charge in [-0.2, -0.15) is 0 Å². The fourth-order valence-electron chi connectivity index (χ4n) is 2.25. The van der Waals surface area contributed by atoms with Crippen molar-refractivity contribution >= 4 is 5.69 Å². The standard InChI is InChI=1S/C13H18FNO/c1-15-13-11(14)7-4-8-12(13)16-9-10-5-2-3-6-10/h4,7-8,10,15H,2-3,5-6,9H2,1H3. The average molecular weight is 223 g/mol. The molecular formula is C13H18FNO. The van der Waals surface area contributed by atoms with E-state index in [9.17, 15) is 4.39 Å². The highest BCUT2D eigenvalue weighted by Gasteiger charge is 2.16. The second-order valence-electron chi connectivity index (χ2n) is 4.32. The van der Waals surface area contributed by atoms with Crippen molar-refractivity contribution in [2.24, 2.45) is 5.92 Å². The topological polar surface area (TPSA) is 21.3 Å². The average Bonchev–Trinajstić information content (AvgIpc) is 2.79. The van der Waals surface area contributed by atoms with Crippen molar-refractivity contribution in [3.8, 4) is 5.75 Å². The number of ether oxygens (including phenoxy) is 1. The summed E-state index contributed by atoms with van der Waals surface area (Å²) in [5.74, 6) is 1.01. The number of rotatable bonds is 4. The number of para-hydroxylation sites is 1.